The Morgan fingerprint density at radius 2 is 1.46 bits per heavy atom. The molecule has 5 heterocycles. The highest BCUT2D eigenvalue weighted by Gasteiger charge is 2.46. The molecule has 5 aliphatic rings. The topological polar surface area (TPSA) is 332 Å². The van der Waals surface area contributed by atoms with Crippen molar-refractivity contribution in [1.82, 2.24) is 51.2 Å². The van der Waals surface area contributed by atoms with Gasteiger partial charge in [-0.1, -0.05) is 37.3 Å². The van der Waals surface area contributed by atoms with Crippen LogP contribution in [0.2, 0.25) is 0 Å². The Morgan fingerprint density at radius 1 is 0.793 bits per heavy atom. The molecular formula is C60H69FN10O16. The van der Waals surface area contributed by atoms with E-state index in [-0.39, 0.29) is 102 Å². The van der Waals surface area contributed by atoms with Gasteiger partial charge in [0, 0.05) is 68.8 Å². The average Bonchev–Trinajstić information content (AvgIpc) is 1.71. The fourth-order valence-corrected chi connectivity index (χ4v) is 11.3. The summed E-state index contributed by atoms with van der Waals surface area (Å²) in [6, 6.07) is 11.8. The van der Waals surface area contributed by atoms with Crippen LogP contribution in [0.1, 0.15) is 71.2 Å². The van der Waals surface area contributed by atoms with E-state index < -0.39 is 115 Å². The number of aromatic nitrogens is 1. The number of aryl methyl sites for hydroxylation is 1. The molecule has 1 fully saturated rings. The van der Waals surface area contributed by atoms with Crippen LogP contribution in [-0.4, -0.2) is 188 Å². The minimum atomic E-state index is -2.03. The number of pyridine rings is 1. The predicted octanol–water partition coefficient (Wildman–Crippen LogP) is -1.11. The molecule has 3 aromatic carbocycles. The third-order valence-electron chi connectivity index (χ3n) is 16.0. The summed E-state index contributed by atoms with van der Waals surface area (Å²) in [5, 5.41) is 28.2. The molecule has 7 N–H and O–H groups in total. The van der Waals surface area contributed by atoms with Crippen LogP contribution >= 0.6 is 0 Å². The van der Waals surface area contributed by atoms with E-state index in [1.165, 1.54) is 10.6 Å². The second-order valence-electron chi connectivity index (χ2n) is 21.6. The fourth-order valence-electron chi connectivity index (χ4n) is 11.3. The Bertz CT molecular complexity index is 3450. The van der Waals surface area contributed by atoms with E-state index in [0.29, 0.717) is 59.3 Å². The van der Waals surface area contributed by atoms with E-state index in [9.17, 15) is 57.8 Å². The van der Waals surface area contributed by atoms with E-state index in [1.54, 1.807) is 66.1 Å². The van der Waals surface area contributed by atoms with Crippen LogP contribution in [0.15, 0.2) is 65.5 Å². The Kier molecular flexibility index (Phi) is 20.3. The number of hydrogen-bond acceptors (Lipinski definition) is 17. The van der Waals surface area contributed by atoms with Gasteiger partial charge < -0.3 is 65.4 Å². The monoisotopic (exact) mass is 1200 g/mol. The van der Waals surface area contributed by atoms with E-state index in [4.69, 9.17) is 18.9 Å². The first-order chi connectivity index (χ1) is 41.8. The normalized spacial score (nSPS) is 18.7. The fraction of sp³-hybridized carbons (Fsp3) is 0.450. The van der Waals surface area contributed by atoms with Crippen LogP contribution in [0, 0.1) is 12.7 Å². The van der Waals surface area contributed by atoms with Crippen molar-refractivity contribution in [2.24, 2.45) is 0 Å². The molecule has 9 rings (SSSR count). The standard InChI is InChI=1S/C60H69FN10O16/c1-3-60(83)42-26-46-39-24-37-25-43(61)35(2)38-9-10-44(56(55(37)38)40(39)30-71(46)58(81)41(42)32-87-59(60)82)66-51(76)33-86-34-65-48(73)28-64-57(80)45(23-36-7-5-4-6-8-36)67-49(74)29-62-47(72)27-63-50(75)31-68-15-19-84-21-17-69(18-22-85-20-16-68)52(77)13-14-70-53(78)11-12-54(70)79/h4-8,11-12,24-26,44-45,83H,3,9-10,13-23,27-34H2,1-2H3,(H,62,72)(H,63,75)(H,64,80)(H,65,73)(H,66,76)(H,67,74)/t44-,45-,60-/m0/s1. The van der Waals surface area contributed by atoms with Crippen molar-refractivity contribution in [2.45, 2.75) is 76.8 Å². The Hall–Kier alpha value is -8.76. The molecule has 4 aliphatic heterocycles. The average molecular weight is 1210 g/mol. The van der Waals surface area contributed by atoms with E-state index >= 15 is 4.39 Å². The van der Waals surface area contributed by atoms with Gasteiger partial charge in [-0.2, -0.15) is 0 Å². The summed E-state index contributed by atoms with van der Waals surface area (Å²) in [5.74, 6) is -6.29. The van der Waals surface area contributed by atoms with Crippen LogP contribution in [0.25, 0.3) is 22.0 Å². The molecule has 4 aromatic rings. The summed E-state index contributed by atoms with van der Waals surface area (Å²) in [4.78, 5) is 146. The van der Waals surface area contributed by atoms with Gasteiger partial charge in [0.15, 0.2) is 5.60 Å². The Labute approximate surface area is 498 Å². The molecule has 3 atom stereocenters. The lowest BCUT2D eigenvalue weighted by atomic mass is 9.79. The highest BCUT2D eigenvalue weighted by atomic mass is 19.1. The maximum atomic E-state index is 15.5. The lowest BCUT2D eigenvalue weighted by molar-refractivity contribution is -0.172. The Morgan fingerprint density at radius 3 is 2.17 bits per heavy atom. The van der Waals surface area contributed by atoms with Gasteiger partial charge in [-0.15, -0.1) is 0 Å². The largest absolute Gasteiger partial charge is 0.458 e. The van der Waals surface area contributed by atoms with Crippen molar-refractivity contribution >= 4 is 69.9 Å². The SMILES string of the molecule is CC[C@@]1(O)C(=O)OCc2c1cc1n(c2=O)Cc2c-1cc1cc(F)c(C)c3c1c2[C@@H](NC(=O)COCNC(=O)CNC(=O)[C@H](Cc1ccccc1)NC(=O)CNC(=O)CNC(=O)CN1CCOCCN(C(=O)CCN2C(=O)C=CC2=O)CCOCC1)CC3. The summed E-state index contributed by atoms with van der Waals surface area (Å²) in [6.07, 6.45) is 3.08. The molecule has 87 heavy (non-hydrogen) atoms. The molecule has 27 heteroatoms. The smallest absolute Gasteiger partial charge is 0.343 e. The number of nitrogens with one attached hydrogen (secondary N) is 6. The summed E-state index contributed by atoms with van der Waals surface area (Å²) < 4.78 is 39.2. The van der Waals surface area contributed by atoms with Crippen molar-refractivity contribution in [3.8, 4) is 11.3 Å². The molecular weight excluding hydrogens is 1140 g/mol. The Balaban J connectivity index is 0.705. The minimum Gasteiger partial charge on any atom is -0.458 e. The number of benzene rings is 3. The number of rotatable bonds is 21. The number of carbonyl (C=O) groups excluding carboxylic acids is 10. The third kappa shape index (κ3) is 14.7. The van der Waals surface area contributed by atoms with Crippen LogP contribution in [-0.2, 0) is 98.5 Å². The first kappa shape index (κ1) is 62.8. The quantitative estimate of drug-likeness (QED) is 0.0198. The molecule has 26 nitrogen and oxygen atoms in total. The van der Waals surface area contributed by atoms with Crippen LogP contribution in [0.4, 0.5) is 4.39 Å². The van der Waals surface area contributed by atoms with Crippen molar-refractivity contribution in [2.75, 3.05) is 98.7 Å². The van der Waals surface area contributed by atoms with Crippen LogP contribution in [0.3, 0.4) is 0 Å². The number of esters is 1. The molecule has 0 spiro atoms. The van der Waals surface area contributed by atoms with Gasteiger partial charge in [0.05, 0.1) is 76.5 Å². The molecule has 1 aliphatic carbocycles. The van der Waals surface area contributed by atoms with Crippen molar-refractivity contribution in [1.29, 1.82) is 0 Å². The molecule has 0 bridgehead atoms. The maximum absolute atomic E-state index is 15.5. The number of nitrogens with zero attached hydrogens (tertiary/aromatic N) is 4. The van der Waals surface area contributed by atoms with E-state index in [2.05, 4.69) is 31.9 Å². The zero-order chi connectivity index (χ0) is 61.9. The van der Waals surface area contributed by atoms with Gasteiger partial charge in [-0.05, 0) is 83.0 Å². The molecule has 9 amide bonds. The lowest BCUT2D eigenvalue weighted by Crippen LogP contribution is -2.52. The van der Waals surface area contributed by atoms with Crippen molar-refractivity contribution in [3.05, 3.63) is 116 Å². The molecule has 1 aromatic heterocycles. The number of halogens is 1. The van der Waals surface area contributed by atoms with Crippen molar-refractivity contribution in [3.63, 3.8) is 0 Å². The number of hydrogen-bond donors (Lipinski definition) is 7. The summed E-state index contributed by atoms with van der Waals surface area (Å²) in [7, 11) is 0. The molecule has 0 saturated carbocycles. The number of ether oxygens (including phenoxy) is 4. The number of carbonyl (C=O) groups is 10. The second-order valence-corrected chi connectivity index (χ2v) is 21.6. The molecule has 1 saturated heterocycles. The number of amides is 9. The van der Waals surface area contributed by atoms with Gasteiger partial charge in [0.25, 0.3) is 17.4 Å². The first-order valence-corrected chi connectivity index (χ1v) is 28.7. The highest BCUT2D eigenvalue weighted by Crippen LogP contribution is 2.47. The van der Waals surface area contributed by atoms with E-state index in [1.807, 2.05) is 0 Å². The van der Waals surface area contributed by atoms with E-state index in [0.717, 1.165) is 33.6 Å². The summed E-state index contributed by atoms with van der Waals surface area (Å²) in [6.45, 7) is 2.49. The molecule has 0 unspecified atom stereocenters. The number of fused-ring (bicyclic) bond motifs is 5. The first-order valence-electron chi connectivity index (χ1n) is 28.7. The third-order valence-corrected chi connectivity index (χ3v) is 16.0. The minimum absolute atomic E-state index is 0.0207. The second kappa shape index (κ2) is 28.2. The summed E-state index contributed by atoms with van der Waals surface area (Å²) >= 11 is 0. The number of imide groups is 1. The lowest BCUT2D eigenvalue weighted by Gasteiger charge is -2.31. The zero-order valence-electron chi connectivity index (χ0n) is 48.2. The maximum Gasteiger partial charge on any atom is 0.343 e. The molecule has 462 valence electrons. The number of aliphatic hydroxyl groups is 1. The summed E-state index contributed by atoms with van der Waals surface area (Å²) in [5.41, 5.74) is 2.23. The van der Waals surface area contributed by atoms with Crippen LogP contribution < -0.4 is 37.5 Å². The van der Waals surface area contributed by atoms with Gasteiger partial charge in [0.2, 0.25) is 41.4 Å². The highest BCUT2D eigenvalue weighted by molar-refractivity contribution is 6.13. The van der Waals surface area contributed by atoms with Gasteiger partial charge in [-0.3, -0.25) is 57.7 Å². The van der Waals surface area contributed by atoms with Gasteiger partial charge in [0.1, 0.15) is 31.8 Å². The van der Waals surface area contributed by atoms with Gasteiger partial charge in [-0.25, -0.2) is 9.18 Å². The predicted molar refractivity (Wildman–Crippen MR) is 306 cm³/mol. The van der Waals surface area contributed by atoms with Gasteiger partial charge >= 0.3 is 5.97 Å². The molecule has 0 radical (unpaired) electrons. The zero-order valence-corrected chi connectivity index (χ0v) is 48.2. The number of cyclic esters (lactones) is 1. The van der Waals surface area contributed by atoms with Crippen molar-refractivity contribution < 1.29 is 76.4 Å². The van der Waals surface area contributed by atoms with Crippen LogP contribution in [0.5, 0.6) is 0 Å².